The predicted molar refractivity (Wildman–Crippen MR) is 149 cm³/mol. The highest BCUT2D eigenvalue weighted by molar-refractivity contribution is 7.99. The molecule has 4 aromatic rings. The minimum absolute atomic E-state index is 0.0759. The van der Waals surface area contributed by atoms with Gasteiger partial charge in [0, 0.05) is 49.1 Å². The molecule has 2 amide bonds. The van der Waals surface area contributed by atoms with E-state index in [1.54, 1.807) is 48.4 Å². The summed E-state index contributed by atoms with van der Waals surface area (Å²) in [5, 5.41) is 14.0. The molecule has 0 saturated carbocycles. The van der Waals surface area contributed by atoms with Gasteiger partial charge in [-0.2, -0.15) is 13.2 Å². The van der Waals surface area contributed by atoms with E-state index in [1.165, 1.54) is 22.9 Å². The van der Waals surface area contributed by atoms with E-state index in [-0.39, 0.29) is 17.2 Å². The van der Waals surface area contributed by atoms with E-state index >= 15 is 0 Å². The lowest BCUT2D eigenvalue weighted by Gasteiger charge is -2.17. The van der Waals surface area contributed by atoms with Gasteiger partial charge in [-0.3, -0.25) is 14.5 Å². The molecule has 208 valence electrons. The minimum atomic E-state index is -4.54. The van der Waals surface area contributed by atoms with E-state index in [4.69, 9.17) is 0 Å². The Morgan fingerprint density at radius 1 is 1.12 bits per heavy atom. The molecule has 0 bridgehead atoms. The van der Waals surface area contributed by atoms with Crippen LogP contribution in [0.4, 0.5) is 24.0 Å². The van der Waals surface area contributed by atoms with E-state index in [2.05, 4.69) is 30.8 Å². The molecular formula is C26H24F3N7O2S2. The number of benzene rings is 2. The number of amides is 2. The normalized spacial score (nSPS) is 13.9. The van der Waals surface area contributed by atoms with Crippen molar-refractivity contribution in [3.05, 3.63) is 71.0 Å². The molecule has 9 nitrogen and oxygen atoms in total. The van der Waals surface area contributed by atoms with Crippen LogP contribution in [0.3, 0.4) is 0 Å². The van der Waals surface area contributed by atoms with Crippen LogP contribution in [0.2, 0.25) is 0 Å². The first-order valence-electron chi connectivity index (χ1n) is 12.1. The molecule has 3 heterocycles. The van der Waals surface area contributed by atoms with Crippen LogP contribution < -0.4 is 10.6 Å². The molecule has 14 heteroatoms. The molecule has 0 aliphatic carbocycles. The van der Waals surface area contributed by atoms with Crippen molar-refractivity contribution in [2.75, 3.05) is 28.8 Å². The molecule has 5 rings (SSSR count). The van der Waals surface area contributed by atoms with E-state index in [0.29, 0.717) is 33.5 Å². The van der Waals surface area contributed by atoms with Crippen molar-refractivity contribution in [3.63, 3.8) is 0 Å². The molecule has 2 aromatic carbocycles. The zero-order chi connectivity index (χ0) is 28.4. The zero-order valence-electron chi connectivity index (χ0n) is 21.5. The smallest absolute Gasteiger partial charge is 0.322 e. The van der Waals surface area contributed by atoms with Crippen molar-refractivity contribution in [2.45, 2.75) is 26.6 Å². The Morgan fingerprint density at radius 2 is 1.95 bits per heavy atom. The van der Waals surface area contributed by atoms with Crippen LogP contribution in [0.15, 0.2) is 48.8 Å². The second kappa shape index (κ2) is 11.4. The molecule has 0 spiro atoms. The maximum absolute atomic E-state index is 13.6. The summed E-state index contributed by atoms with van der Waals surface area (Å²) in [7, 11) is 0. The van der Waals surface area contributed by atoms with Crippen LogP contribution >= 0.6 is 23.1 Å². The lowest BCUT2D eigenvalue weighted by molar-refractivity contribution is -0.137. The monoisotopic (exact) mass is 587 g/mol. The summed E-state index contributed by atoms with van der Waals surface area (Å²) in [6.45, 7) is 4.41. The van der Waals surface area contributed by atoms with E-state index in [0.717, 1.165) is 35.9 Å². The van der Waals surface area contributed by atoms with E-state index in [9.17, 15) is 22.8 Å². The third-order valence-electron chi connectivity index (χ3n) is 6.06. The molecule has 0 radical (unpaired) electrons. The van der Waals surface area contributed by atoms with E-state index < -0.39 is 17.6 Å². The quantitative estimate of drug-likeness (QED) is 0.297. The number of hydrogen-bond donors (Lipinski definition) is 2. The highest BCUT2D eigenvalue weighted by atomic mass is 32.2. The number of thiazole rings is 1. The number of hydrogen-bond acceptors (Lipinski definition) is 8. The van der Waals surface area contributed by atoms with Crippen molar-refractivity contribution in [1.82, 2.24) is 24.9 Å². The minimum Gasteiger partial charge on any atom is -0.322 e. The Balaban J connectivity index is 1.37. The van der Waals surface area contributed by atoms with Crippen LogP contribution in [0.25, 0.3) is 16.3 Å². The maximum atomic E-state index is 13.6. The summed E-state index contributed by atoms with van der Waals surface area (Å²) in [5.41, 5.74) is 1.91. The summed E-state index contributed by atoms with van der Waals surface area (Å²) in [4.78, 5) is 31.3. The number of rotatable bonds is 7. The van der Waals surface area contributed by atoms with Gasteiger partial charge in [-0.15, -0.1) is 16.9 Å². The van der Waals surface area contributed by atoms with Crippen LogP contribution in [-0.4, -0.2) is 54.9 Å². The Kier molecular flexibility index (Phi) is 7.92. The molecule has 40 heavy (non-hydrogen) atoms. The first-order valence-corrected chi connectivity index (χ1v) is 14.1. The van der Waals surface area contributed by atoms with Crippen molar-refractivity contribution < 1.29 is 22.8 Å². The summed E-state index contributed by atoms with van der Waals surface area (Å²) >= 11 is 2.97. The zero-order valence-corrected chi connectivity index (χ0v) is 23.1. The van der Waals surface area contributed by atoms with Crippen molar-refractivity contribution in [2.24, 2.45) is 0 Å². The van der Waals surface area contributed by atoms with Crippen molar-refractivity contribution in [3.8, 4) is 16.3 Å². The van der Waals surface area contributed by atoms with Gasteiger partial charge in [-0.1, -0.05) is 22.6 Å². The van der Waals surface area contributed by atoms with Gasteiger partial charge in [0.1, 0.15) is 5.69 Å². The predicted octanol–water partition coefficient (Wildman–Crippen LogP) is 5.44. The highest BCUT2D eigenvalue weighted by Gasteiger charge is 2.31. The number of alkyl halides is 3. The fourth-order valence-electron chi connectivity index (χ4n) is 4.15. The number of carbonyl (C=O) groups is 2. The Bertz CT molecular complexity index is 1560. The topological polar surface area (TPSA) is 105 Å². The maximum Gasteiger partial charge on any atom is 0.416 e. The number of anilines is 2. The molecule has 1 fully saturated rings. The summed E-state index contributed by atoms with van der Waals surface area (Å²) in [6, 6.07) is 8.60. The van der Waals surface area contributed by atoms with Gasteiger partial charge < -0.3 is 10.6 Å². The fraction of sp³-hybridized carbons (Fsp3) is 0.269. The first kappa shape index (κ1) is 27.8. The van der Waals surface area contributed by atoms with Crippen molar-refractivity contribution >= 4 is 45.7 Å². The van der Waals surface area contributed by atoms with Gasteiger partial charge in [-0.25, -0.2) is 9.67 Å². The lowest BCUT2D eigenvalue weighted by Crippen LogP contribution is -2.20. The van der Waals surface area contributed by atoms with Gasteiger partial charge >= 0.3 is 6.18 Å². The molecule has 1 saturated heterocycles. The third-order valence-corrected chi connectivity index (χ3v) is 8.02. The van der Waals surface area contributed by atoms with Crippen LogP contribution in [0.5, 0.6) is 0 Å². The van der Waals surface area contributed by atoms with Gasteiger partial charge in [0.15, 0.2) is 5.13 Å². The molecule has 1 aliphatic rings. The molecule has 2 N–H and O–H groups in total. The summed E-state index contributed by atoms with van der Waals surface area (Å²) < 4.78 is 42.4. The molecular weight excluding hydrogens is 563 g/mol. The number of thioether (sulfide) groups is 1. The highest BCUT2D eigenvalue weighted by Crippen LogP contribution is 2.33. The van der Waals surface area contributed by atoms with Gasteiger partial charge in [0.25, 0.3) is 5.91 Å². The number of nitrogens with zero attached hydrogens (tertiary/aromatic N) is 5. The number of nitrogens with one attached hydrogen (secondary N) is 2. The van der Waals surface area contributed by atoms with Crippen LogP contribution in [0.1, 0.15) is 34.0 Å². The SMILES string of the molecule is CC(=O)Nc1ncc(-c2cn(-c3cc(C(=O)Nc4cc(CN5CCSC5)cc(C(F)(F)F)c4)ccc3C)nn2)s1. The number of aromatic nitrogens is 4. The van der Waals surface area contributed by atoms with Crippen molar-refractivity contribution in [1.29, 1.82) is 0 Å². The largest absolute Gasteiger partial charge is 0.416 e. The Hall–Kier alpha value is -3.75. The third kappa shape index (κ3) is 6.51. The lowest BCUT2D eigenvalue weighted by atomic mass is 10.1. The van der Waals surface area contributed by atoms with Crippen LogP contribution in [0, 0.1) is 6.92 Å². The molecule has 2 aromatic heterocycles. The van der Waals surface area contributed by atoms with Gasteiger partial charge in [0.05, 0.1) is 22.3 Å². The fourth-order valence-corrected chi connectivity index (χ4v) is 5.96. The first-order chi connectivity index (χ1) is 19.0. The number of aryl methyl sites for hydroxylation is 1. The van der Waals surface area contributed by atoms with Crippen LogP contribution in [-0.2, 0) is 17.5 Å². The van der Waals surface area contributed by atoms with Gasteiger partial charge in [-0.05, 0) is 48.4 Å². The summed E-state index contributed by atoms with van der Waals surface area (Å²) in [5.74, 6) is 0.912. The Morgan fingerprint density at radius 3 is 2.67 bits per heavy atom. The standard InChI is InChI=1S/C26H24F3N7O2S2/c1-15-3-4-18(9-22(15)36-13-21(33-34-36)23-11-30-25(40-23)31-16(2)37)24(38)32-20-8-17(12-35-5-6-39-14-35)7-19(10-20)26(27,28)29/h3-4,7-11,13H,5-6,12,14H2,1-2H3,(H,32,38)(H,30,31,37). The Labute approximate surface area is 235 Å². The average Bonchev–Trinajstić information content (AvgIpc) is 3.66. The van der Waals surface area contributed by atoms with Gasteiger partial charge in [0.2, 0.25) is 5.91 Å². The summed E-state index contributed by atoms with van der Waals surface area (Å²) in [6.07, 6.45) is -1.30. The second-order valence-corrected chi connectivity index (χ2v) is 11.3. The second-order valence-electron chi connectivity index (χ2n) is 9.22. The molecule has 1 aliphatic heterocycles. The van der Waals surface area contributed by atoms with E-state index in [1.807, 2.05) is 6.92 Å². The number of halogens is 3. The average molecular weight is 588 g/mol. The molecule has 0 unspecified atom stereocenters. The molecule has 0 atom stereocenters. The number of carbonyl (C=O) groups excluding carboxylic acids is 2.